The molecule has 0 bridgehead atoms. The van der Waals surface area contributed by atoms with E-state index in [9.17, 15) is 4.39 Å². The Hall–Kier alpha value is -2.04. The van der Waals surface area contributed by atoms with E-state index in [1.54, 1.807) is 30.8 Å². The van der Waals surface area contributed by atoms with Gasteiger partial charge in [-0.3, -0.25) is 4.68 Å². The van der Waals surface area contributed by atoms with Crippen molar-refractivity contribution in [2.75, 3.05) is 12.8 Å². The van der Waals surface area contributed by atoms with Crippen LogP contribution < -0.4 is 10.5 Å². The Morgan fingerprint density at radius 3 is 2.59 bits per heavy atom. The van der Waals surface area contributed by atoms with Gasteiger partial charge in [0, 0.05) is 24.7 Å². The lowest BCUT2D eigenvalue weighted by molar-refractivity contribution is 0.412. The highest BCUT2D eigenvalue weighted by molar-refractivity contribution is 5.70. The van der Waals surface area contributed by atoms with Crippen LogP contribution in [0.25, 0.3) is 11.3 Å². The summed E-state index contributed by atoms with van der Waals surface area (Å²) < 4.78 is 20.1. The average Bonchev–Trinajstić information content (AvgIpc) is 2.62. The number of ether oxygens (including phenoxy) is 1. The second-order valence-electron chi connectivity index (χ2n) is 3.88. The normalized spacial score (nSPS) is 10.6. The number of hydrogen-bond acceptors (Lipinski definition) is 3. The van der Waals surface area contributed by atoms with Gasteiger partial charge in [0.25, 0.3) is 0 Å². The molecule has 5 heteroatoms. The molecule has 0 aliphatic heterocycles. The molecule has 4 nitrogen and oxygen atoms in total. The summed E-state index contributed by atoms with van der Waals surface area (Å²) in [6, 6.07) is 4.79. The topological polar surface area (TPSA) is 53.1 Å². The van der Waals surface area contributed by atoms with Crippen LogP contribution >= 0.6 is 0 Å². The Balaban J connectivity index is 2.61. The third kappa shape index (κ3) is 1.95. The molecule has 0 fully saturated rings. The molecule has 2 rings (SSSR count). The standard InChI is InChI=1S/C12H14FN3O/c1-7-4-8(11(17-3)5-9(7)13)10-6-12(14)16(2)15-10/h4-6H,14H2,1-3H3. The summed E-state index contributed by atoms with van der Waals surface area (Å²) in [6.45, 7) is 1.70. The van der Waals surface area contributed by atoms with E-state index in [0.29, 0.717) is 22.8 Å². The third-order valence-corrected chi connectivity index (χ3v) is 2.67. The van der Waals surface area contributed by atoms with Crippen LogP contribution in [0.15, 0.2) is 18.2 Å². The van der Waals surface area contributed by atoms with Crippen LogP contribution in [-0.2, 0) is 7.05 Å². The maximum atomic E-state index is 13.4. The summed E-state index contributed by atoms with van der Waals surface area (Å²) in [5.74, 6) is 0.699. The summed E-state index contributed by atoms with van der Waals surface area (Å²) in [4.78, 5) is 0. The van der Waals surface area contributed by atoms with Crippen molar-refractivity contribution in [3.8, 4) is 17.0 Å². The Bertz CT molecular complexity index is 544. The summed E-state index contributed by atoms with van der Waals surface area (Å²) in [6.07, 6.45) is 0. The van der Waals surface area contributed by atoms with Gasteiger partial charge < -0.3 is 10.5 Å². The lowest BCUT2D eigenvalue weighted by atomic mass is 10.1. The van der Waals surface area contributed by atoms with E-state index in [-0.39, 0.29) is 5.82 Å². The molecule has 0 radical (unpaired) electrons. The Morgan fingerprint density at radius 2 is 2.06 bits per heavy atom. The quantitative estimate of drug-likeness (QED) is 0.867. The smallest absolute Gasteiger partial charge is 0.131 e. The Morgan fingerprint density at radius 1 is 1.35 bits per heavy atom. The molecule has 2 aromatic rings. The van der Waals surface area contributed by atoms with E-state index in [1.807, 2.05) is 0 Å². The lowest BCUT2D eigenvalue weighted by Crippen LogP contribution is -1.97. The maximum absolute atomic E-state index is 13.4. The molecule has 0 saturated heterocycles. The SMILES string of the molecule is COc1cc(F)c(C)cc1-c1cc(N)n(C)n1. The average molecular weight is 235 g/mol. The van der Waals surface area contributed by atoms with Crippen molar-refractivity contribution in [3.63, 3.8) is 0 Å². The minimum atomic E-state index is -0.297. The summed E-state index contributed by atoms with van der Waals surface area (Å²) in [5, 5.41) is 4.25. The number of aryl methyl sites for hydroxylation is 2. The monoisotopic (exact) mass is 235 g/mol. The van der Waals surface area contributed by atoms with Gasteiger partial charge >= 0.3 is 0 Å². The summed E-state index contributed by atoms with van der Waals surface area (Å²) in [5.41, 5.74) is 7.68. The number of nitrogen functional groups attached to an aromatic ring is 1. The molecule has 0 saturated carbocycles. The largest absolute Gasteiger partial charge is 0.496 e. The van der Waals surface area contributed by atoms with Gasteiger partial charge in [-0.2, -0.15) is 5.10 Å². The van der Waals surface area contributed by atoms with E-state index >= 15 is 0 Å². The highest BCUT2D eigenvalue weighted by atomic mass is 19.1. The molecule has 0 amide bonds. The molecule has 0 aliphatic rings. The second kappa shape index (κ2) is 4.08. The molecule has 0 aliphatic carbocycles. The first-order valence-electron chi connectivity index (χ1n) is 5.17. The molecule has 0 spiro atoms. The predicted octanol–water partition coefficient (Wildman–Crippen LogP) is 2.13. The van der Waals surface area contributed by atoms with Crippen molar-refractivity contribution in [3.05, 3.63) is 29.6 Å². The molecule has 1 aromatic heterocycles. The second-order valence-corrected chi connectivity index (χ2v) is 3.88. The molecule has 90 valence electrons. The number of hydrogen-bond donors (Lipinski definition) is 1. The van der Waals surface area contributed by atoms with Crippen LogP contribution in [0.5, 0.6) is 5.75 Å². The summed E-state index contributed by atoms with van der Waals surface area (Å²) in [7, 11) is 3.25. The summed E-state index contributed by atoms with van der Waals surface area (Å²) >= 11 is 0. The van der Waals surface area contributed by atoms with Gasteiger partial charge in [-0.05, 0) is 18.6 Å². The fourth-order valence-electron chi connectivity index (χ4n) is 1.65. The van der Waals surface area contributed by atoms with Gasteiger partial charge in [-0.15, -0.1) is 0 Å². The highest BCUT2D eigenvalue weighted by Gasteiger charge is 2.13. The van der Waals surface area contributed by atoms with Crippen LogP contribution in [-0.4, -0.2) is 16.9 Å². The number of rotatable bonds is 2. The number of halogens is 1. The Kier molecular flexibility index (Phi) is 2.75. The van der Waals surface area contributed by atoms with Crippen molar-refractivity contribution in [1.82, 2.24) is 9.78 Å². The van der Waals surface area contributed by atoms with Gasteiger partial charge in [0.2, 0.25) is 0 Å². The van der Waals surface area contributed by atoms with Crippen molar-refractivity contribution >= 4 is 5.82 Å². The van der Waals surface area contributed by atoms with Gasteiger partial charge in [0.1, 0.15) is 17.4 Å². The van der Waals surface area contributed by atoms with Crippen molar-refractivity contribution in [2.24, 2.45) is 7.05 Å². The van der Waals surface area contributed by atoms with Crippen molar-refractivity contribution in [2.45, 2.75) is 6.92 Å². The van der Waals surface area contributed by atoms with Crippen LogP contribution in [0.3, 0.4) is 0 Å². The number of aromatic nitrogens is 2. The van der Waals surface area contributed by atoms with Gasteiger partial charge in [0.15, 0.2) is 0 Å². The first-order valence-corrected chi connectivity index (χ1v) is 5.17. The third-order valence-electron chi connectivity index (χ3n) is 2.67. The molecular weight excluding hydrogens is 221 g/mol. The van der Waals surface area contributed by atoms with E-state index in [2.05, 4.69) is 5.10 Å². The predicted molar refractivity (Wildman–Crippen MR) is 64.3 cm³/mol. The van der Waals surface area contributed by atoms with E-state index < -0.39 is 0 Å². The van der Waals surface area contributed by atoms with Crippen LogP contribution in [0.1, 0.15) is 5.56 Å². The van der Waals surface area contributed by atoms with Crippen molar-refractivity contribution < 1.29 is 9.13 Å². The fraction of sp³-hybridized carbons (Fsp3) is 0.250. The minimum Gasteiger partial charge on any atom is -0.496 e. The number of nitrogens with zero attached hydrogens (tertiary/aromatic N) is 2. The zero-order valence-electron chi connectivity index (χ0n) is 9.99. The minimum absolute atomic E-state index is 0.297. The molecular formula is C12H14FN3O. The van der Waals surface area contributed by atoms with Crippen molar-refractivity contribution in [1.29, 1.82) is 0 Å². The fourth-order valence-corrected chi connectivity index (χ4v) is 1.65. The lowest BCUT2D eigenvalue weighted by Gasteiger charge is -2.08. The molecule has 2 N–H and O–H groups in total. The molecule has 1 aromatic carbocycles. The van der Waals surface area contributed by atoms with E-state index in [0.717, 1.165) is 5.56 Å². The van der Waals surface area contributed by atoms with E-state index in [1.165, 1.54) is 13.2 Å². The number of methoxy groups -OCH3 is 1. The highest BCUT2D eigenvalue weighted by Crippen LogP contribution is 2.32. The first kappa shape index (κ1) is 11.4. The van der Waals surface area contributed by atoms with Gasteiger partial charge in [-0.25, -0.2) is 4.39 Å². The van der Waals surface area contributed by atoms with E-state index in [4.69, 9.17) is 10.5 Å². The number of benzene rings is 1. The van der Waals surface area contributed by atoms with Gasteiger partial charge in [0.05, 0.1) is 12.8 Å². The maximum Gasteiger partial charge on any atom is 0.131 e. The zero-order valence-corrected chi connectivity index (χ0v) is 9.99. The number of anilines is 1. The number of nitrogens with two attached hydrogens (primary N) is 1. The molecule has 0 atom stereocenters. The Labute approximate surface area is 98.8 Å². The first-order chi connectivity index (χ1) is 8.02. The molecule has 0 unspecified atom stereocenters. The molecule has 1 heterocycles. The van der Waals surface area contributed by atoms with Crippen LogP contribution in [0, 0.1) is 12.7 Å². The zero-order chi connectivity index (χ0) is 12.6. The van der Waals surface area contributed by atoms with Crippen LogP contribution in [0.4, 0.5) is 10.2 Å². The van der Waals surface area contributed by atoms with Gasteiger partial charge in [-0.1, -0.05) is 0 Å². The molecule has 17 heavy (non-hydrogen) atoms. The van der Waals surface area contributed by atoms with Crippen LogP contribution in [0.2, 0.25) is 0 Å².